The first-order valence-electron chi connectivity index (χ1n) is 6.22. The van der Waals surface area contributed by atoms with Gasteiger partial charge < -0.3 is 10.1 Å². The number of carbonyl (C=O) groups excluding carboxylic acids is 1. The lowest BCUT2D eigenvalue weighted by molar-refractivity contribution is -0.118. The van der Waals surface area contributed by atoms with Crippen LogP contribution in [0.4, 0.5) is 10.1 Å². The Morgan fingerprint density at radius 1 is 1.15 bits per heavy atom. The number of rotatable bonds is 2. The molecule has 0 unspecified atom stereocenters. The number of fused-ring (bicyclic) bond motifs is 1. The zero-order valence-electron chi connectivity index (χ0n) is 10.6. The fraction of sp³-hybridized carbons (Fsp3) is 0.0625. The van der Waals surface area contributed by atoms with Crippen LogP contribution in [0, 0.1) is 5.82 Å². The molecule has 1 aliphatic heterocycles. The molecule has 0 saturated carbocycles. The Morgan fingerprint density at radius 2 is 1.95 bits per heavy atom. The van der Waals surface area contributed by atoms with E-state index in [1.807, 2.05) is 36.4 Å². The number of nitrogens with one attached hydrogen (secondary N) is 1. The van der Waals surface area contributed by atoms with E-state index >= 15 is 0 Å². The highest BCUT2D eigenvalue weighted by Crippen LogP contribution is 2.31. The van der Waals surface area contributed by atoms with E-state index in [-0.39, 0.29) is 18.3 Å². The molecule has 0 spiro atoms. The van der Waals surface area contributed by atoms with Crippen LogP contribution in [0.2, 0.25) is 0 Å². The van der Waals surface area contributed by atoms with Crippen LogP contribution in [0.3, 0.4) is 0 Å². The summed E-state index contributed by atoms with van der Waals surface area (Å²) in [6.45, 7) is -0.0777. The molecule has 2 aromatic carbocycles. The van der Waals surface area contributed by atoms with Gasteiger partial charge in [-0.1, -0.05) is 42.5 Å². The van der Waals surface area contributed by atoms with Crippen molar-refractivity contribution in [2.75, 3.05) is 11.9 Å². The van der Waals surface area contributed by atoms with E-state index in [0.717, 1.165) is 5.56 Å². The number of hydrogen-bond donors (Lipinski definition) is 1. The monoisotopic (exact) mass is 269 g/mol. The minimum absolute atomic E-state index is 0.0777. The minimum atomic E-state index is -0.382. The Bertz CT molecular complexity index is 680. The standard InChI is InChI=1S/C16H12FNO2/c17-13-9-15-14(18-16(19)10-20-15)8-12(13)7-6-11-4-2-1-3-5-11/h1-9H,10H2,(H,18,19). The summed E-state index contributed by atoms with van der Waals surface area (Å²) in [7, 11) is 0. The van der Waals surface area contributed by atoms with Crippen molar-refractivity contribution in [1.29, 1.82) is 0 Å². The van der Waals surface area contributed by atoms with Gasteiger partial charge in [-0.05, 0) is 11.6 Å². The molecule has 1 amide bonds. The van der Waals surface area contributed by atoms with Crippen LogP contribution in [0.5, 0.6) is 5.75 Å². The molecular weight excluding hydrogens is 257 g/mol. The Labute approximate surface area is 115 Å². The molecule has 1 heterocycles. The molecule has 3 nitrogen and oxygen atoms in total. The molecule has 1 N–H and O–H groups in total. The van der Waals surface area contributed by atoms with E-state index in [0.29, 0.717) is 17.0 Å². The largest absolute Gasteiger partial charge is 0.481 e. The Morgan fingerprint density at radius 3 is 2.75 bits per heavy atom. The summed E-state index contributed by atoms with van der Waals surface area (Å²) < 4.78 is 19.1. The summed E-state index contributed by atoms with van der Waals surface area (Å²) in [6.07, 6.45) is 3.49. The fourth-order valence-electron chi connectivity index (χ4n) is 2.00. The summed E-state index contributed by atoms with van der Waals surface area (Å²) in [5.74, 6) is -0.256. The molecule has 0 fully saturated rings. The van der Waals surface area contributed by atoms with Gasteiger partial charge in [0.25, 0.3) is 5.91 Å². The molecule has 1 aliphatic rings. The van der Waals surface area contributed by atoms with E-state index in [4.69, 9.17) is 4.74 Å². The van der Waals surface area contributed by atoms with Gasteiger partial charge in [0.15, 0.2) is 6.61 Å². The number of benzene rings is 2. The molecule has 2 aromatic rings. The lowest BCUT2D eigenvalue weighted by atomic mass is 10.1. The van der Waals surface area contributed by atoms with Gasteiger partial charge in [-0.2, -0.15) is 0 Å². The summed E-state index contributed by atoms with van der Waals surface area (Å²) in [4.78, 5) is 11.3. The van der Waals surface area contributed by atoms with Crippen LogP contribution in [0.25, 0.3) is 12.2 Å². The highest BCUT2D eigenvalue weighted by atomic mass is 19.1. The van der Waals surface area contributed by atoms with Crippen LogP contribution in [0.15, 0.2) is 42.5 Å². The molecule has 4 heteroatoms. The smallest absolute Gasteiger partial charge is 0.262 e. The van der Waals surface area contributed by atoms with Crippen molar-refractivity contribution < 1.29 is 13.9 Å². The van der Waals surface area contributed by atoms with E-state index in [1.54, 1.807) is 12.1 Å². The Balaban J connectivity index is 1.92. The van der Waals surface area contributed by atoms with Gasteiger partial charge in [0, 0.05) is 11.6 Å². The average Bonchev–Trinajstić information content (AvgIpc) is 2.46. The predicted octanol–water partition coefficient (Wildman–Crippen LogP) is 3.33. The van der Waals surface area contributed by atoms with Crippen molar-refractivity contribution in [1.82, 2.24) is 0 Å². The Kier molecular flexibility index (Phi) is 3.21. The van der Waals surface area contributed by atoms with Gasteiger partial charge >= 0.3 is 0 Å². The minimum Gasteiger partial charge on any atom is -0.481 e. The second kappa shape index (κ2) is 5.17. The average molecular weight is 269 g/mol. The van der Waals surface area contributed by atoms with Crippen molar-refractivity contribution in [3.63, 3.8) is 0 Å². The molecule has 0 saturated heterocycles. The number of anilines is 1. The SMILES string of the molecule is O=C1COc2cc(F)c(C=Cc3ccccc3)cc2N1. The zero-order chi connectivity index (χ0) is 13.9. The van der Waals surface area contributed by atoms with Gasteiger partial charge in [0.2, 0.25) is 0 Å². The fourth-order valence-corrected chi connectivity index (χ4v) is 2.00. The molecule has 100 valence electrons. The summed E-state index contributed by atoms with van der Waals surface area (Å²) in [5, 5.41) is 2.66. The summed E-state index contributed by atoms with van der Waals surface area (Å²) in [5.41, 5.74) is 1.87. The highest BCUT2D eigenvalue weighted by Gasteiger charge is 2.17. The van der Waals surface area contributed by atoms with E-state index in [9.17, 15) is 9.18 Å². The first-order chi connectivity index (χ1) is 9.72. The third-order valence-corrected chi connectivity index (χ3v) is 2.99. The van der Waals surface area contributed by atoms with Crippen molar-refractivity contribution in [2.24, 2.45) is 0 Å². The highest BCUT2D eigenvalue weighted by molar-refractivity contribution is 5.95. The number of amides is 1. The van der Waals surface area contributed by atoms with Crippen molar-refractivity contribution in [3.05, 3.63) is 59.4 Å². The molecule has 0 radical (unpaired) electrons. The molecule has 0 bridgehead atoms. The van der Waals surface area contributed by atoms with Crippen LogP contribution < -0.4 is 10.1 Å². The van der Waals surface area contributed by atoms with Crippen molar-refractivity contribution in [3.8, 4) is 5.75 Å². The maximum Gasteiger partial charge on any atom is 0.262 e. The topological polar surface area (TPSA) is 38.3 Å². The zero-order valence-corrected chi connectivity index (χ0v) is 10.6. The number of halogens is 1. The Hall–Kier alpha value is -2.62. The van der Waals surface area contributed by atoms with Crippen LogP contribution >= 0.6 is 0 Å². The third-order valence-electron chi connectivity index (χ3n) is 2.99. The predicted molar refractivity (Wildman–Crippen MR) is 75.9 cm³/mol. The first-order valence-corrected chi connectivity index (χ1v) is 6.22. The number of carbonyl (C=O) groups is 1. The van der Waals surface area contributed by atoms with Crippen LogP contribution in [-0.2, 0) is 4.79 Å². The first kappa shape index (κ1) is 12.4. The molecule has 0 aliphatic carbocycles. The van der Waals surface area contributed by atoms with Gasteiger partial charge in [0.05, 0.1) is 5.69 Å². The van der Waals surface area contributed by atoms with Gasteiger partial charge in [0.1, 0.15) is 11.6 Å². The maximum atomic E-state index is 13.9. The van der Waals surface area contributed by atoms with Crippen LogP contribution in [0.1, 0.15) is 11.1 Å². The van der Waals surface area contributed by atoms with Gasteiger partial charge in [-0.15, -0.1) is 0 Å². The molecule has 0 atom stereocenters. The van der Waals surface area contributed by atoms with Gasteiger partial charge in [-0.25, -0.2) is 4.39 Å². The normalized spacial score (nSPS) is 13.8. The van der Waals surface area contributed by atoms with Crippen molar-refractivity contribution >= 4 is 23.7 Å². The van der Waals surface area contributed by atoms with E-state index in [2.05, 4.69) is 5.32 Å². The third kappa shape index (κ3) is 2.54. The van der Waals surface area contributed by atoms with Crippen LogP contribution in [-0.4, -0.2) is 12.5 Å². The summed E-state index contributed by atoms with van der Waals surface area (Å²) in [6, 6.07) is 12.5. The van der Waals surface area contributed by atoms with Crippen molar-refractivity contribution in [2.45, 2.75) is 0 Å². The number of hydrogen-bond acceptors (Lipinski definition) is 2. The maximum absolute atomic E-state index is 13.9. The van der Waals surface area contributed by atoms with Gasteiger partial charge in [-0.3, -0.25) is 4.79 Å². The van der Waals surface area contributed by atoms with E-state index in [1.165, 1.54) is 6.07 Å². The van der Waals surface area contributed by atoms with E-state index < -0.39 is 0 Å². The quantitative estimate of drug-likeness (QED) is 0.849. The second-order valence-electron chi connectivity index (χ2n) is 4.45. The number of ether oxygens (including phenoxy) is 1. The lowest BCUT2D eigenvalue weighted by Crippen LogP contribution is -2.25. The molecule has 20 heavy (non-hydrogen) atoms. The molecule has 3 rings (SSSR count). The molecular formula is C16H12FNO2. The summed E-state index contributed by atoms with van der Waals surface area (Å²) >= 11 is 0. The molecule has 0 aromatic heterocycles. The lowest BCUT2D eigenvalue weighted by Gasteiger charge is -2.18. The second-order valence-corrected chi connectivity index (χ2v) is 4.45.